The number of nitrogens with zero attached hydrogens (tertiary/aromatic N) is 4. The maximum Gasteiger partial charge on any atom is 0.191 e. The molecular weight excluding hydrogens is 446 g/mol. The van der Waals surface area contributed by atoms with Crippen molar-refractivity contribution in [1.29, 1.82) is 0 Å². The molecule has 1 aromatic heterocycles. The van der Waals surface area contributed by atoms with Crippen molar-refractivity contribution in [2.75, 3.05) is 13.6 Å². The minimum atomic E-state index is -0.191. The summed E-state index contributed by atoms with van der Waals surface area (Å²) in [6, 6.07) is 4.91. The minimum absolute atomic E-state index is 0. The molecule has 1 aliphatic heterocycles. The topological polar surface area (TPSA) is 67.1 Å². The maximum atomic E-state index is 13.1. The van der Waals surface area contributed by atoms with E-state index < -0.39 is 0 Å². The van der Waals surface area contributed by atoms with E-state index in [2.05, 4.69) is 30.4 Å². The highest BCUT2D eigenvalue weighted by atomic mass is 127. The molecule has 0 fully saturated rings. The second-order valence-corrected chi connectivity index (χ2v) is 6.31. The lowest BCUT2D eigenvalue weighted by molar-refractivity contribution is 0.504. The molecular formula is C18H26FIN6. The molecule has 0 aliphatic carbocycles. The van der Waals surface area contributed by atoms with E-state index >= 15 is 0 Å². The fourth-order valence-electron chi connectivity index (χ4n) is 3.14. The molecule has 6 nitrogen and oxygen atoms in total. The Balaban J connectivity index is 0.00000243. The quantitative estimate of drug-likeness (QED) is 0.399. The van der Waals surface area contributed by atoms with Crippen LogP contribution in [0, 0.1) is 12.7 Å². The molecule has 26 heavy (non-hydrogen) atoms. The summed E-state index contributed by atoms with van der Waals surface area (Å²) in [5, 5.41) is 15.1. The molecule has 142 valence electrons. The van der Waals surface area contributed by atoms with Crippen LogP contribution in [-0.2, 0) is 25.9 Å². The van der Waals surface area contributed by atoms with Crippen LogP contribution in [0.25, 0.3) is 0 Å². The third kappa shape index (κ3) is 5.15. The van der Waals surface area contributed by atoms with Crippen molar-refractivity contribution in [2.24, 2.45) is 4.99 Å². The summed E-state index contributed by atoms with van der Waals surface area (Å²) >= 11 is 0. The monoisotopic (exact) mass is 472 g/mol. The predicted octanol–water partition coefficient (Wildman–Crippen LogP) is 2.59. The number of aliphatic imine (C=N–C) groups is 1. The van der Waals surface area contributed by atoms with Crippen LogP contribution in [0.2, 0.25) is 0 Å². The number of rotatable bonds is 5. The van der Waals surface area contributed by atoms with Crippen LogP contribution >= 0.6 is 24.0 Å². The van der Waals surface area contributed by atoms with Gasteiger partial charge in [0.15, 0.2) is 11.8 Å². The first-order valence-electron chi connectivity index (χ1n) is 8.78. The molecule has 0 spiro atoms. The molecule has 0 unspecified atom stereocenters. The summed E-state index contributed by atoms with van der Waals surface area (Å²) in [4.78, 5) is 4.24. The van der Waals surface area contributed by atoms with Crippen LogP contribution in [0.1, 0.15) is 35.6 Å². The van der Waals surface area contributed by atoms with Crippen molar-refractivity contribution in [3.05, 3.63) is 46.8 Å². The van der Waals surface area contributed by atoms with Gasteiger partial charge in [-0.25, -0.2) is 4.39 Å². The third-order valence-electron chi connectivity index (χ3n) is 4.57. The Kier molecular flexibility index (Phi) is 7.80. The molecule has 3 rings (SSSR count). The molecule has 8 heteroatoms. The molecule has 1 aliphatic rings. The predicted molar refractivity (Wildman–Crippen MR) is 111 cm³/mol. The Morgan fingerprint density at radius 1 is 1.27 bits per heavy atom. The Morgan fingerprint density at radius 2 is 2.12 bits per heavy atom. The average Bonchev–Trinajstić information content (AvgIpc) is 3.03. The zero-order chi connectivity index (χ0) is 17.6. The van der Waals surface area contributed by atoms with Crippen LogP contribution in [0.5, 0.6) is 0 Å². The highest BCUT2D eigenvalue weighted by molar-refractivity contribution is 14.0. The van der Waals surface area contributed by atoms with E-state index in [4.69, 9.17) is 0 Å². The van der Waals surface area contributed by atoms with Crippen molar-refractivity contribution in [3.8, 4) is 0 Å². The largest absolute Gasteiger partial charge is 0.356 e. The van der Waals surface area contributed by atoms with Gasteiger partial charge >= 0.3 is 0 Å². The number of aryl methyl sites for hydroxylation is 2. The molecule has 0 radical (unpaired) electrons. The van der Waals surface area contributed by atoms with Crippen LogP contribution < -0.4 is 10.6 Å². The van der Waals surface area contributed by atoms with Crippen LogP contribution in [-0.4, -0.2) is 34.3 Å². The lowest BCUT2D eigenvalue weighted by Gasteiger charge is -2.16. The van der Waals surface area contributed by atoms with Crippen molar-refractivity contribution < 1.29 is 4.39 Å². The first-order valence-corrected chi connectivity index (χ1v) is 8.78. The Hall–Kier alpha value is -1.71. The summed E-state index contributed by atoms with van der Waals surface area (Å²) < 4.78 is 15.3. The van der Waals surface area contributed by atoms with Crippen molar-refractivity contribution in [3.63, 3.8) is 0 Å². The van der Waals surface area contributed by atoms with Gasteiger partial charge in [-0.05, 0) is 49.4 Å². The van der Waals surface area contributed by atoms with Gasteiger partial charge in [0.05, 0.1) is 6.54 Å². The minimum Gasteiger partial charge on any atom is -0.356 e. The summed E-state index contributed by atoms with van der Waals surface area (Å²) in [5.74, 6) is 2.57. The van der Waals surface area contributed by atoms with Crippen LogP contribution in [0.15, 0.2) is 23.2 Å². The van der Waals surface area contributed by atoms with Gasteiger partial charge in [0.1, 0.15) is 11.6 Å². The van der Waals surface area contributed by atoms with Gasteiger partial charge in [0.25, 0.3) is 0 Å². The van der Waals surface area contributed by atoms with Crippen molar-refractivity contribution >= 4 is 29.9 Å². The molecule has 0 bridgehead atoms. The van der Waals surface area contributed by atoms with E-state index in [1.165, 1.54) is 18.9 Å². The third-order valence-corrected chi connectivity index (χ3v) is 4.57. The summed E-state index contributed by atoms with van der Waals surface area (Å²) in [6.45, 7) is 4.25. The molecule has 1 aromatic carbocycles. The SMILES string of the molecule is CN=C(NCCc1ccc(F)cc1C)NCc1nnc2n1CCCC2.I. The number of aromatic nitrogens is 3. The van der Waals surface area contributed by atoms with Crippen molar-refractivity contribution in [2.45, 2.75) is 45.7 Å². The number of fused-ring (bicyclic) bond motifs is 1. The molecule has 0 saturated carbocycles. The zero-order valence-corrected chi connectivity index (χ0v) is 17.6. The number of benzene rings is 1. The summed E-state index contributed by atoms with van der Waals surface area (Å²) in [5.41, 5.74) is 2.11. The van der Waals surface area contributed by atoms with Crippen molar-refractivity contribution in [1.82, 2.24) is 25.4 Å². The van der Waals surface area contributed by atoms with E-state index in [9.17, 15) is 4.39 Å². The Morgan fingerprint density at radius 3 is 2.88 bits per heavy atom. The lowest BCUT2D eigenvalue weighted by atomic mass is 10.1. The highest BCUT2D eigenvalue weighted by Crippen LogP contribution is 2.14. The Labute approximate surface area is 170 Å². The van der Waals surface area contributed by atoms with Gasteiger partial charge in [-0.2, -0.15) is 0 Å². The standard InChI is InChI=1S/C18H25FN6.HI/c1-13-11-15(19)7-6-14(13)8-9-21-18(20-2)22-12-17-24-23-16-5-3-4-10-25(16)17;/h6-7,11H,3-5,8-10,12H2,1-2H3,(H2,20,21,22);1H. The second-order valence-electron chi connectivity index (χ2n) is 6.31. The first-order chi connectivity index (χ1) is 12.2. The number of hydrogen-bond acceptors (Lipinski definition) is 3. The van der Waals surface area contributed by atoms with Gasteiger partial charge in [-0.15, -0.1) is 34.2 Å². The molecule has 2 aromatic rings. The smallest absolute Gasteiger partial charge is 0.191 e. The molecule has 2 heterocycles. The Bertz CT molecular complexity index is 758. The molecule has 2 N–H and O–H groups in total. The van der Waals surface area contributed by atoms with E-state index in [-0.39, 0.29) is 29.8 Å². The van der Waals surface area contributed by atoms with E-state index in [0.29, 0.717) is 6.54 Å². The number of halogens is 2. The van der Waals surface area contributed by atoms with Gasteiger partial charge in [-0.1, -0.05) is 6.07 Å². The van der Waals surface area contributed by atoms with Gasteiger partial charge in [0.2, 0.25) is 0 Å². The van der Waals surface area contributed by atoms with Gasteiger partial charge < -0.3 is 15.2 Å². The molecule has 0 amide bonds. The second kappa shape index (κ2) is 9.84. The van der Waals surface area contributed by atoms with Crippen LogP contribution in [0.3, 0.4) is 0 Å². The molecule has 0 atom stereocenters. The van der Waals surface area contributed by atoms with E-state index in [0.717, 1.165) is 54.7 Å². The number of hydrogen-bond donors (Lipinski definition) is 2. The summed E-state index contributed by atoms with van der Waals surface area (Å²) in [7, 11) is 1.75. The van der Waals surface area contributed by atoms with Crippen LogP contribution in [0.4, 0.5) is 4.39 Å². The lowest BCUT2D eigenvalue weighted by Crippen LogP contribution is -2.38. The number of guanidine groups is 1. The maximum absolute atomic E-state index is 13.1. The average molecular weight is 472 g/mol. The van der Waals surface area contributed by atoms with E-state index in [1.54, 1.807) is 13.1 Å². The zero-order valence-electron chi connectivity index (χ0n) is 15.3. The first kappa shape index (κ1) is 20.6. The van der Waals surface area contributed by atoms with Gasteiger partial charge in [0, 0.05) is 26.6 Å². The normalized spacial score (nSPS) is 13.7. The highest BCUT2D eigenvalue weighted by Gasteiger charge is 2.15. The fourth-order valence-corrected chi connectivity index (χ4v) is 3.14. The number of nitrogens with one attached hydrogen (secondary N) is 2. The fraction of sp³-hybridized carbons (Fsp3) is 0.500. The van der Waals surface area contributed by atoms with Gasteiger partial charge in [-0.3, -0.25) is 4.99 Å². The summed E-state index contributed by atoms with van der Waals surface area (Å²) in [6.07, 6.45) is 4.20. The molecule has 0 saturated heterocycles. The van der Waals surface area contributed by atoms with E-state index in [1.807, 2.05) is 13.0 Å².